The highest BCUT2D eigenvalue weighted by Crippen LogP contribution is 2.40. The minimum atomic E-state index is -2.38. The van der Waals surface area contributed by atoms with Gasteiger partial charge in [-0.05, 0) is 75.1 Å². The second-order valence-corrected chi connectivity index (χ2v) is 22.8. The fourth-order valence-electron chi connectivity index (χ4n) is 4.03. The van der Waals surface area contributed by atoms with E-state index in [1.54, 1.807) is 0 Å². The highest BCUT2D eigenvalue weighted by atomic mass is 28.4. The average molecular weight is 501 g/mol. The zero-order chi connectivity index (χ0) is 26.6. The smallest absolute Gasteiger partial charge is 0.261 e. The van der Waals surface area contributed by atoms with Gasteiger partial charge in [-0.2, -0.15) is 0 Å². The summed E-state index contributed by atoms with van der Waals surface area (Å²) < 4.78 is 13.0. The SMILES string of the molecule is CC(C)(C)O[Si](C)(C)C(C)(C)C.CC(C)(C)O[Si](c1ccccc1)(c1ccccc1)C(C)(C)C. The summed E-state index contributed by atoms with van der Waals surface area (Å²) in [5.74, 6) is 0. The molecule has 0 aromatic heterocycles. The summed E-state index contributed by atoms with van der Waals surface area (Å²) in [7, 11) is -3.93. The largest absolute Gasteiger partial charge is 0.412 e. The first-order valence-electron chi connectivity index (χ1n) is 12.6. The van der Waals surface area contributed by atoms with Crippen molar-refractivity contribution >= 4 is 27.0 Å². The highest BCUT2D eigenvalue weighted by Gasteiger charge is 2.52. The van der Waals surface area contributed by atoms with E-state index in [1.807, 2.05) is 0 Å². The molecule has 0 atom stereocenters. The Labute approximate surface area is 213 Å². The molecular formula is C30H52O2Si2. The Morgan fingerprint density at radius 2 is 0.794 bits per heavy atom. The summed E-state index contributed by atoms with van der Waals surface area (Å²) in [6, 6.07) is 21.6. The summed E-state index contributed by atoms with van der Waals surface area (Å²) in [5.41, 5.74) is -0.186. The van der Waals surface area contributed by atoms with Crippen molar-refractivity contribution in [3.05, 3.63) is 60.7 Å². The van der Waals surface area contributed by atoms with Gasteiger partial charge in [-0.3, -0.25) is 0 Å². The van der Waals surface area contributed by atoms with Crippen LogP contribution in [0.3, 0.4) is 0 Å². The molecule has 192 valence electrons. The molecule has 2 rings (SSSR count). The molecule has 0 aliphatic heterocycles. The summed E-state index contributed by atoms with van der Waals surface area (Å²) in [4.78, 5) is 0. The van der Waals surface area contributed by atoms with Crippen LogP contribution in [0, 0.1) is 0 Å². The standard InChI is InChI=1S/C20H28OSi.C10H24OSi/c1-19(2,3)21-22(20(4,5)6,17-13-9-7-10-14-17)18-15-11-8-12-16-18;1-9(2,3)11-12(7,8)10(4,5)6/h7-16H,1-6H3;1-8H3. The minimum absolute atomic E-state index is 0.00298. The number of hydrogen-bond donors (Lipinski definition) is 0. The summed E-state index contributed by atoms with van der Waals surface area (Å²) in [6.07, 6.45) is 0. The van der Waals surface area contributed by atoms with E-state index in [1.165, 1.54) is 10.4 Å². The monoisotopic (exact) mass is 500 g/mol. The van der Waals surface area contributed by atoms with E-state index in [4.69, 9.17) is 8.85 Å². The highest BCUT2D eigenvalue weighted by molar-refractivity contribution is 6.99. The molecule has 0 bridgehead atoms. The van der Waals surface area contributed by atoms with Crippen LogP contribution in [0.5, 0.6) is 0 Å². The Morgan fingerprint density at radius 1 is 0.471 bits per heavy atom. The molecule has 0 radical (unpaired) electrons. The maximum atomic E-state index is 6.90. The van der Waals surface area contributed by atoms with Crippen LogP contribution >= 0.6 is 0 Å². The molecule has 2 aromatic rings. The topological polar surface area (TPSA) is 18.5 Å². The Balaban J connectivity index is 0.000000411. The van der Waals surface area contributed by atoms with Gasteiger partial charge in [-0.15, -0.1) is 0 Å². The lowest BCUT2D eigenvalue weighted by atomic mass is 10.2. The van der Waals surface area contributed by atoms with Gasteiger partial charge in [0.05, 0.1) is 0 Å². The predicted octanol–water partition coefficient (Wildman–Crippen LogP) is 8.17. The van der Waals surface area contributed by atoms with Crippen LogP contribution in [0.25, 0.3) is 0 Å². The summed E-state index contributed by atoms with van der Waals surface area (Å²) in [5, 5.41) is 3.04. The molecule has 0 saturated heterocycles. The van der Waals surface area contributed by atoms with Gasteiger partial charge >= 0.3 is 0 Å². The van der Waals surface area contributed by atoms with Gasteiger partial charge in [0.1, 0.15) is 0 Å². The van der Waals surface area contributed by atoms with Gasteiger partial charge in [0.15, 0.2) is 8.32 Å². The molecule has 0 N–H and O–H groups in total. The second kappa shape index (κ2) is 10.8. The molecule has 0 unspecified atom stereocenters. The van der Waals surface area contributed by atoms with E-state index in [-0.39, 0.29) is 16.2 Å². The van der Waals surface area contributed by atoms with Gasteiger partial charge in [0, 0.05) is 11.2 Å². The molecule has 0 saturated carbocycles. The number of rotatable bonds is 4. The molecule has 2 aromatic carbocycles. The number of benzene rings is 2. The second-order valence-electron chi connectivity index (χ2n) is 13.9. The number of hydrogen-bond acceptors (Lipinski definition) is 2. The first-order valence-corrected chi connectivity index (χ1v) is 17.5. The van der Waals surface area contributed by atoms with Gasteiger partial charge < -0.3 is 8.85 Å². The molecule has 34 heavy (non-hydrogen) atoms. The molecule has 0 aliphatic rings. The van der Waals surface area contributed by atoms with Crippen molar-refractivity contribution < 1.29 is 8.85 Å². The molecule has 0 amide bonds. The fourth-order valence-corrected chi connectivity index (χ4v) is 10.7. The van der Waals surface area contributed by atoms with Crippen molar-refractivity contribution in [2.75, 3.05) is 0 Å². The van der Waals surface area contributed by atoms with Crippen molar-refractivity contribution in [2.24, 2.45) is 0 Å². The van der Waals surface area contributed by atoms with Crippen molar-refractivity contribution in [1.82, 2.24) is 0 Å². The first-order chi connectivity index (χ1) is 15.1. The van der Waals surface area contributed by atoms with E-state index in [2.05, 4.69) is 157 Å². The van der Waals surface area contributed by atoms with Crippen LogP contribution in [-0.2, 0) is 8.85 Å². The van der Waals surface area contributed by atoms with Gasteiger partial charge in [-0.1, -0.05) is 102 Å². The van der Waals surface area contributed by atoms with Crippen LogP contribution in [0.15, 0.2) is 60.7 Å². The quantitative estimate of drug-likeness (QED) is 0.394. The third-order valence-corrected chi connectivity index (χ3v) is 16.3. The van der Waals surface area contributed by atoms with Crippen molar-refractivity contribution in [3.8, 4) is 0 Å². The predicted molar refractivity (Wildman–Crippen MR) is 156 cm³/mol. The lowest BCUT2D eigenvalue weighted by molar-refractivity contribution is 0.112. The summed E-state index contributed by atoms with van der Waals surface area (Å²) in [6.45, 7) is 31.2. The van der Waals surface area contributed by atoms with Crippen molar-refractivity contribution in [3.63, 3.8) is 0 Å². The third kappa shape index (κ3) is 8.47. The Bertz CT molecular complexity index is 823. The lowest BCUT2D eigenvalue weighted by Crippen LogP contribution is -2.68. The van der Waals surface area contributed by atoms with E-state index in [9.17, 15) is 0 Å². The van der Waals surface area contributed by atoms with Gasteiger partial charge in [0.25, 0.3) is 8.32 Å². The first kappa shape index (κ1) is 30.8. The Hall–Kier alpha value is -1.21. The Morgan fingerprint density at radius 3 is 1.00 bits per heavy atom. The van der Waals surface area contributed by atoms with Crippen LogP contribution in [0.2, 0.25) is 23.2 Å². The molecule has 0 fully saturated rings. The molecule has 0 aliphatic carbocycles. The van der Waals surface area contributed by atoms with Crippen LogP contribution < -0.4 is 10.4 Å². The molecule has 2 nitrogen and oxygen atoms in total. The maximum absolute atomic E-state index is 6.90. The zero-order valence-corrected chi connectivity index (χ0v) is 26.6. The van der Waals surface area contributed by atoms with E-state index >= 15 is 0 Å². The van der Waals surface area contributed by atoms with E-state index in [0.29, 0.717) is 5.04 Å². The zero-order valence-electron chi connectivity index (χ0n) is 24.6. The normalized spacial score (nSPS) is 13.8. The van der Waals surface area contributed by atoms with Crippen LogP contribution in [0.4, 0.5) is 0 Å². The lowest BCUT2D eigenvalue weighted by Gasteiger charge is -2.46. The minimum Gasteiger partial charge on any atom is -0.412 e. The molecule has 0 heterocycles. The van der Waals surface area contributed by atoms with E-state index < -0.39 is 16.6 Å². The fraction of sp³-hybridized carbons (Fsp3) is 0.600. The molecule has 4 heteroatoms. The van der Waals surface area contributed by atoms with Crippen molar-refractivity contribution in [1.29, 1.82) is 0 Å². The van der Waals surface area contributed by atoms with Crippen LogP contribution in [0.1, 0.15) is 83.1 Å². The van der Waals surface area contributed by atoms with Gasteiger partial charge in [0.2, 0.25) is 0 Å². The maximum Gasteiger partial charge on any atom is 0.261 e. The van der Waals surface area contributed by atoms with Crippen LogP contribution in [-0.4, -0.2) is 27.8 Å². The Kier molecular flexibility index (Phi) is 9.81. The third-order valence-electron chi connectivity index (χ3n) is 6.24. The average Bonchev–Trinajstić information content (AvgIpc) is 2.63. The molecule has 0 spiro atoms. The summed E-state index contributed by atoms with van der Waals surface area (Å²) >= 11 is 0. The molecular weight excluding hydrogens is 449 g/mol. The van der Waals surface area contributed by atoms with Crippen molar-refractivity contribution in [2.45, 2.75) is 117 Å². The van der Waals surface area contributed by atoms with E-state index in [0.717, 1.165) is 0 Å². The van der Waals surface area contributed by atoms with Gasteiger partial charge in [-0.25, -0.2) is 0 Å².